The molecule has 0 spiro atoms. The van der Waals surface area contributed by atoms with E-state index in [0.717, 1.165) is 27.4 Å². The van der Waals surface area contributed by atoms with E-state index < -0.39 is 0 Å². The van der Waals surface area contributed by atoms with Gasteiger partial charge in [0.15, 0.2) is 11.6 Å². The van der Waals surface area contributed by atoms with Gasteiger partial charge in [0.05, 0.1) is 11.8 Å². The van der Waals surface area contributed by atoms with E-state index >= 15 is 0 Å². The third kappa shape index (κ3) is 1.63. The maximum atomic E-state index is 5.38. The van der Waals surface area contributed by atoms with Crippen LogP contribution in [0, 0.1) is 0 Å². The monoisotopic (exact) mass is 291 g/mol. The van der Waals surface area contributed by atoms with Gasteiger partial charge in [0.2, 0.25) is 0 Å². The van der Waals surface area contributed by atoms with Crippen LogP contribution in [0.4, 0.5) is 5.69 Å². The Morgan fingerprint density at radius 3 is 3.00 bits per heavy atom. The van der Waals surface area contributed by atoms with E-state index in [-0.39, 0.29) is 0 Å². The molecule has 3 aromatic rings. The van der Waals surface area contributed by atoms with Gasteiger partial charge in [0, 0.05) is 18.9 Å². The second kappa shape index (κ2) is 3.92. The van der Waals surface area contributed by atoms with Crippen LogP contribution in [0.25, 0.3) is 17.1 Å². The average molecular weight is 292 g/mol. The lowest BCUT2D eigenvalue weighted by Crippen LogP contribution is -1.91. The highest BCUT2D eigenvalue weighted by atomic mass is 79.9. The zero-order valence-corrected chi connectivity index (χ0v) is 10.7. The van der Waals surface area contributed by atoms with Gasteiger partial charge < -0.3 is 9.73 Å². The normalized spacial score (nSPS) is 10.9. The number of nitrogens with one attached hydrogen (secondary N) is 1. The zero-order chi connectivity index (χ0) is 11.8. The van der Waals surface area contributed by atoms with Crippen LogP contribution in [0.2, 0.25) is 0 Å². The SMILES string of the molecule is CNc1ccn2c(-c3ccco3)nc(Br)c2c1. The summed E-state index contributed by atoms with van der Waals surface area (Å²) in [7, 11) is 1.89. The van der Waals surface area contributed by atoms with Crippen molar-refractivity contribution >= 4 is 27.1 Å². The summed E-state index contributed by atoms with van der Waals surface area (Å²) >= 11 is 3.47. The van der Waals surface area contributed by atoms with Crippen molar-refractivity contribution in [3.8, 4) is 11.6 Å². The van der Waals surface area contributed by atoms with Crippen LogP contribution in [0.5, 0.6) is 0 Å². The molecule has 86 valence electrons. The summed E-state index contributed by atoms with van der Waals surface area (Å²) in [6.45, 7) is 0. The molecular formula is C12H10BrN3O. The first-order valence-electron chi connectivity index (χ1n) is 5.19. The Morgan fingerprint density at radius 2 is 2.29 bits per heavy atom. The maximum Gasteiger partial charge on any atom is 0.181 e. The number of hydrogen-bond acceptors (Lipinski definition) is 3. The Bertz CT molecular complexity index is 658. The number of halogens is 1. The van der Waals surface area contributed by atoms with E-state index in [2.05, 4.69) is 26.2 Å². The van der Waals surface area contributed by atoms with Crippen LogP contribution >= 0.6 is 15.9 Å². The number of fused-ring (bicyclic) bond motifs is 1. The molecule has 1 N–H and O–H groups in total. The van der Waals surface area contributed by atoms with Crippen molar-refractivity contribution < 1.29 is 4.42 Å². The van der Waals surface area contributed by atoms with Crippen molar-refractivity contribution in [2.45, 2.75) is 0 Å². The molecule has 3 aromatic heterocycles. The summed E-state index contributed by atoms with van der Waals surface area (Å²) in [4.78, 5) is 4.47. The number of aromatic nitrogens is 2. The molecule has 0 aliphatic carbocycles. The van der Waals surface area contributed by atoms with E-state index in [0.29, 0.717) is 0 Å². The fourth-order valence-electron chi connectivity index (χ4n) is 1.78. The standard InChI is InChI=1S/C12H10BrN3O/c1-14-8-4-5-16-9(7-8)11(13)15-12(16)10-3-2-6-17-10/h2-7,14H,1H3. The Balaban J connectivity index is 2.28. The molecule has 0 unspecified atom stereocenters. The van der Waals surface area contributed by atoms with Crippen molar-refractivity contribution in [1.82, 2.24) is 9.38 Å². The first-order valence-corrected chi connectivity index (χ1v) is 5.98. The fourth-order valence-corrected chi connectivity index (χ4v) is 2.26. The minimum atomic E-state index is 0.753. The number of pyridine rings is 1. The van der Waals surface area contributed by atoms with Crippen LogP contribution in [-0.4, -0.2) is 16.4 Å². The van der Waals surface area contributed by atoms with Gasteiger partial charge in [-0.25, -0.2) is 4.98 Å². The predicted molar refractivity (Wildman–Crippen MR) is 70.1 cm³/mol. The summed E-state index contributed by atoms with van der Waals surface area (Å²) < 4.78 is 8.17. The number of anilines is 1. The molecule has 4 nitrogen and oxygen atoms in total. The zero-order valence-electron chi connectivity index (χ0n) is 9.14. The molecule has 5 heteroatoms. The van der Waals surface area contributed by atoms with Gasteiger partial charge in [-0.15, -0.1) is 0 Å². The van der Waals surface area contributed by atoms with Crippen molar-refractivity contribution in [3.63, 3.8) is 0 Å². The van der Waals surface area contributed by atoms with E-state index in [1.807, 2.05) is 41.9 Å². The molecule has 17 heavy (non-hydrogen) atoms. The van der Waals surface area contributed by atoms with Crippen molar-refractivity contribution in [3.05, 3.63) is 41.3 Å². The molecule has 0 fully saturated rings. The molecule has 0 atom stereocenters. The van der Waals surface area contributed by atoms with Gasteiger partial charge in [0.25, 0.3) is 0 Å². The molecule has 0 radical (unpaired) electrons. The lowest BCUT2D eigenvalue weighted by Gasteiger charge is -2.02. The molecule has 0 amide bonds. The van der Waals surface area contributed by atoms with Crippen LogP contribution in [-0.2, 0) is 0 Å². The highest BCUT2D eigenvalue weighted by molar-refractivity contribution is 9.10. The molecule has 3 heterocycles. The van der Waals surface area contributed by atoms with Gasteiger partial charge in [-0.05, 0) is 40.2 Å². The lowest BCUT2D eigenvalue weighted by atomic mass is 10.3. The molecule has 0 saturated carbocycles. The Kier molecular flexibility index (Phi) is 2.40. The van der Waals surface area contributed by atoms with Crippen LogP contribution in [0.15, 0.2) is 45.7 Å². The number of rotatable bonds is 2. The topological polar surface area (TPSA) is 42.5 Å². The molecule has 0 aliphatic rings. The number of imidazole rings is 1. The summed E-state index contributed by atoms with van der Waals surface area (Å²) in [5, 5.41) is 3.10. The highest BCUT2D eigenvalue weighted by Crippen LogP contribution is 2.27. The van der Waals surface area contributed by atoms with Gasteiger partial charge >= 0.3 is 0 Å². The van der Waals surface area contributed by atoms with Crippen molar-refractivity contribution in [2.24, 2.45) is 0 Å². The first kappa shape index (κ1) is 10.4. The van der Waals surface area contributed by atoms with Crippen LogP contribution in [0.3, 0.4) is 0 Å². The van der Waals surface area contributed by atoms with E-state index in [9.17, 15) is 0 Å². The number of furan rings is 1. The summed E-state index contributed by atoms with van der Waals surface area (Å²) in [6, 6.07) is 7.77. The van der Waals surface area contributed by atoms with E-state index in [4.69, 9.17) is 4.42 Å². The number of hydrogen-bond donors (Lipinski definition) is 1. The third-order valence-corrected chi connectivity index (χ3v) is 3.21. The quantitative estimate of drug-likeness (QED) is 0.787. The second-order valence-electron chi connectivity index (χ2n) is 3.62. The molecule has 3 rings (SSSR count). The van der Waals surface area contributed by atoms with E-state index in [1.165, 1.54) is 0 Å². The van der Waals surface area contributed by atoms with Crippen LogP contribution in [0.1, 0.15) is 0 Å². The highest BCUT2D eigenvalue weighted by Gasteiger charge is 2.12. The molecule has 0 bridgehead atoms. The summed E-state index contributed by atoms with van der Waals surface area (Å²) in [5.74, 6) is 1.54. The van der Waals surface area contributed by atoms with Gasteiger partial charge in [-0.1, -0.05) is 0 Å². The largest absolute Gasteiger partial charge is 0.461 e. The van der Waals surface area contributed by atoms with Gasteiger partial charge in [-0.2, -0.15) is 0 Å². The maximum absolute atomic E-state index is 5.38. The minimum Gasteiger partial charge on any atom is -0.461 e. The first-order chi connectivity index (χ1) is 8.29. The molecule has 0 aromatic carbocycles. The van der Waals surface area contributed by atoms with Crippen molar-refractivity contribution in [2.75, 3.05) is 12.4 Å². The lowest BCUT2D eigenvalue weighted by molar-refractivity contribution is 0.577. The predicted octanol–water partition coefficient (Wildman–Crippen LogP) is 3.40. The van der Waals surface area contributed by atoms with Crippen LogP contribution < -0.4 is 5.32 Å². The Morgan fingerprint density at radius 1 is 1.41 bits per heavy atom. The van der Waals surface area contributed by atoms with Gasteiger partial charge in [0.1, 0.15) is 4.60 Å². The third-order valence-electron chi connectivity index (χ3n) is 2.63. The minimum absolute atomic E-state index is 0.753. The number of nitrogens with zero attached hydrogens (tertiary/aromatic N) is 2. The Hall–Kier alpha value is -1.75. The Labute approximate surface area is 106 Å². The second-order valence-corrected chi connectivity index (χ2v) is 4.38. The van der Waals surface area contributed by atoms with E-state index in [1.54, 1.807) is 6.26 Å². The molecular weight excluding hydrogens is 282 g/mol. The molecule has 0 aliphatic heterocycles. The fraction of sp³-hybridized carbons (Fsp3) is 0.0833. The smallest absolute Gasteiger partial charge is 0.181 e. The van der Waals surface area contributed by atoms with Crippen molar-refractivity contribution in [1.29, 1.82) is 0 Å². The molecule has 0 saturated heterocycles. The summed E-state index contributed by atoms with van der Waals surface area (Å²) in [6.07, 6.45) is 3.61. The van der Waals surface area contributed by atoms with Gasteiger partial charge in [-0.3, -0.25) is 4.40 Å². The average Bonchev–Trinajstić information content (AvgIpc) is 2.97. The summed E-state index contributed by atoms with van der Waals surface area (Å²) in [5.41, 5.74) is 2.05.